The molecule has 0 aromatic heterocycles. The van der Waals surface area contributed by atoms with E-state index in [1.807, 2.05) is 0 Å². The third-order valence-electron chi connectivity index (χ3n) is 4.18. The van der Waals surface area contributed by atoms with Gasteiger partial charge in [0.25, 0.3) is 5.91 Å². The number of likely N-dealkylation sites (tertiary alicyclic amines) is 1. The Bertz CT molecular complexity index is 526. The molecule has 0 aromatic rings. The smallest absolute Gasteiger partial charge is 0.356 e. The Kier molecular flexibility index (Phi) is 2.35. The summed E-state index contributed by atoms with van der Waals surface area (Å²) in [7, 11) is 1.42. The standard InChI is InChI=1S/C12H14N2O5/c1-5(15)13-4-3-6-7-8(13)11(16)14(7)9(12(17)18)10(6)19-2/h6-8H,3-4H2,1-2H3,(H,17,18)/t6?,7-,8+/m1/s1. The fourth-order valence-corrected chi connectivity index (χ4v) is 3.45. The number of β-lactam (4-membered cyclic amide) rings is 1. The van der Waals surface area contributed by atoms with E-state index in [4.69, 9.17) is 4.74 Å². The van der Waals surface area contributed by atoms with Crippen LogP contribution in [-0.4, -0.2) is 58.4 Å². The number of hydrogen-bond donors (Lipinski definition) is 1. The lowest BCUT2D eigenvalue weighted by molar-refractivity contribution is -0.168. The molecule has 3 atom stereocenters. The van der Waals surface area contributed by atoms with Crippen LogP contribution in [0.3, 0.4) is 0 Å². The molecule has 2 saturated heterocycles. The molecule has 102 valence electrons. The second-order valence-corrected chi connectivity index (χ2v) is 4.97. The number of methoxy groups -OCH3 is 1. The molecule has 7 heteroatoms. The highest BCUT2D eigenvalue weighted by Crippen LogP contribution is 2.48. The third-order valence-corrected chi connectivity index (χ3v) is 4.18. The number of piperidine rings is 1. The third kappa shape index (κ3) is 1.30. The van der Waals surface area contributed by atoms with Gasteiger partial charge in [0.15, 0.2) is 5.70 Å². The van der Waals surface area contributed by atoms with Gasteiger partial charge >= 0.3 is 5.97 Å². The molecule has 0 aromatic carbocycles. The van der Waals surface area contributed by atoms with Gasteiger partial charge in [0.1, 0.15) is 11.8 Å². The molecule has 3 aliphatic rings. The molecule has 1 unspecified atom stereocenters. The van der Waals surface area contributed by atoms with E-state index in [0.717, 1.165) is 0 Å². The van der Waals surface area contributed by atoms with Gasteiger partial charge in [-0.2, -0.15) is 0 Å². The van der Waals surface area contributed by atoms with Gasteiger partial charge in [-0.05, 0) is 6.42 Å². The summed E-state index contributed by atoms with van der Waals surface area (Å²) in [5.41, 5.74) is -0.0656. The number of amides is 2. The Morgan fingerprint density at radius 1 is 1.42 bits per heavy atom. The first-order chi connectivity index (χ1) is 8.99. The van der Waals surface area contributed by atoms with Crippen LogP contribution in [0.4, 0.5) is 0 Å². The number of rotatable bonds is 2. The van der Waals surface area contributed by atoms with Gasteiger partial charge in [-0.3, -0.25) is 14.5 Å². The minimum atomic E-state index is -1.16. The molecule has 1 N–H and O–H groups in total. The first kappa shape index (κ1) is 12.0. The maximum absolute atomic E-state index is 12.1. The highest BCUT2D eigenvalue weighted by molar-refractivity contribution is 6.02. The molecule has 3 heterocycles. The summed E-state index contributed by atoms with van der Waals surface area (Å²) in [5, 5.41) is 9.24. The summed E-state index contributed by atoms with van der Waals surface area (Å²) in [6.07, 6.45) is 0.616. The molecule has 0 saturated carbocycles. The van der Waals surface area contributed by atoms with Crippen molar-refractivity contribution in [2.24, 2.45) is 5.92 Å². The summed E-state index contributed by atoms with van der Waals surface area (Å²) in [6, 6.07) is -0.801. The molecular weight excluding hydrogens is 252 g/mol. The van der Waals surface area contributed by atoms with E-state index in [9.17, 15) is 19.5 Å². The first-order valence-electron chi connectivity index (χ1n) is 6.10. The predicted molar refractivity (Wildman–Crippen MR) is 61.6 cm³/mol. The van der Waals surface area contributed by atoms with Crippen molar-refractivity contribution in [1.82, 2.24) is 9.80 Å². The average Bonchev–Trinajstić information content (AvgIpc) is 2.69. The van der Waals surface area contributed by atoms with Crippen LogP contribution in [0, 0.1) is 5.92 Å². The number of carboxylic acids is 1. The maximum atomic E-state index is 12.1. The molecule has 0 bridgehead atoms. The van der Waals surface area contributed by atoms with Gasteiger partial charge in [-0.15, -0.1) is 0 Å². The van der Waals surface area contributed by atoms with Crippen molar-refractivity contribution in [3.05, 3.63) is 11.5 Å². The maximum Gasteiger partial charge on any atom is 0.356 e. The fourth-order valence-electron chi connectivity index (χ4n) is 3.45. The predicted octanol–water partition coefficient (Wildman–Crippen LogP) is -0.610. The van der Waals surface area contributed by atoms with E-state index in [0.29, 0.717) is 18.7 Å². The van der Waals surface area contributed by atoms with E-state index in [1.54, 1.807) is 0 Å². The number of hydrogen-bond acceptors (Lipinski definition) is 4. The van der Waals surface area contributed by atoms with Crippen LogP contribution >= 0.6 is 0 Å². The number of carbonyl (C=O) groups excluding carboxylic acids is 2. The number of nitrogens with zero attached hydrogens (tertiary/aromatic N) is 2. The van der Waals surface area contributed by atoms with Crippen molar-refractivity contribution in [1.29, 1.82) is 0 Å². The van der Waals surface area contributed by atoms with Crippen LogP contribution in [0.25, 0.3) is 0 Å². The van der Waals surface area contributed by atoms with Crippen LogP contribution in [0.15, 0.2) is 11.5 Å². The molecule has 3 rings (SSSR count). The summed E-state index contributed by atoms with van der Waals surface area (Å²) in [6.45, 7) is 1.88. The second-order valence-electron chi connectivity index (χ2n) is 4.97. The lowest BCUT2D eigenvalue weighted by Gasteiger charge is -2.52. The molecule has 2 fully saturated rings. The molecular formula is C12H14N2O5. The van der Waals surface area contributed by atoms with Crippen LogP contribution in [0.5, 0.6) is 0 Å². The Hall–Kier alpha value is -2.05. The number of carbonyl (C=O) groups is 3. The molecule has 3 aliphatic heterocycles. The lowest BCUT2D eigenvalue weighted by atomic mass is 9.80. The number of carboxylic acid groups (broad SMARTS) is 1. The molecule has 0 radical (unpaired) electrons. The largest absolute Gasteiger partial charge is 0.498 e. The van der Waals surface area contributed by atoms with E-state index < -0.39 is 12.0 Å². The summed E-state index contributed by atoms with van der Waals surface area (Å²) in [4.78, 5) is 37.7. The highest BCUT2D eigenvalue weighted by Gasteiger charge is 2.64. The SMILES string of the molecule is COC1=C(C(=O)O)N2C(=O)[C@@H]3[C@H]2C1CCN3C(C)=O. The van der Waals surface area contributed by atoms with Crippen LogP contribution in [0.1, 0.15) is 13.3 Å². The molecule has 0 spiro atoms. The lowest BCUT2D eigenvalue weighted by Crippen LogP contribution is -2.73. The molecule has 0 aliphatic carbocycles. The summed E-state index contributed by atoms with van der Waals surface area (Å²) >= 11 is 0. The van der Waals surface area contributed by atoms with Gasteiger partial charge in [0.05, 0.1) is 13.2 Å². The van der Waals surface area contributed by atoms with Crippen molar-refractivity contribution < 1.29 is 24.2 Å². The normalized spacial score (nSPS) is 32.1. The Morgan fingerprint density at radius 3 is 2.63 bits per heavy atom. The van der Waals surface area contributed by atoms with Crippen LogP contribution < -0.4 is 0 Å². The quantitative estimate of drug-likeness (QED) is 0.674. The minimum absolute atomic E-state index is 0.0656. The van der Waals surface area contributed by atoms with E-state index in [-0.39, 0.29) is 29.5 Å². The minimum Gasteiger partial charge on any atom is -0.498 e. The number of ether oxygens (including phenoxy) is 1. The van der Waals surface area contributed by atoms with E-state index in [1.165, 1.54) is 23.8 Å². The van der Waals surface area contributed by atoms with Crippen LogP contribution in [-0.2, 0) is 19.1 Å². The van der Waals surface area contributed by atoms with E-state index in [2.05, 4.69) is 0 Å². The Labute approximate surface area is 109 Å². The molecule has 2 amide bonds. The average molecular weight is 266 g/mol. The van der Waals surface area contributed by atoms with Crippen LogP contribution in [0.2, 0.25) is 0 Å². The fraction of sp³-hybridized carbons (Fsp3) is 0.583. The van der Waals surface area contributed by atoms with Gasteiger partial charge in [0, 0.05) is 19.4 Å². The van der Waals surface area contributed by atoms with Gasteiger partial charge < -0.3 is 14.7 Å². The van der Waals surface area contributed by atoms with Gasteiger partial charge in [-0.1, -0.05) is 0 Å². The highest BCUT2D eigenvalue weighted by atomic mass is 16.5. The van der Waals surface area contributed by atoms with Gasteiger partial charge in [-0.25, -0.2) is 4.79 Å². The first-order valence-corrected chi connectivity index (χ1v) is 6.10. The Morgan fingerprint density at radius 2 is 2.11 bits per heavy atom. The van der Waals surface area contributed by atoms with Crippen molar-refractivity contribution in [2.45, 2.75) is 25.4 Å². The van der Waals surface area contributed by atoms with Crippen molar-refractivity contribution in [3.63, 3.8) is 0 Å². The monoisotopic (exact) mass is 266 g/mol. The van der Waals surface area contributed by atoms with Crippen molar-refractivity contribution in [2.75, 3.05) is 13.7 Å². The molecule has 19 heavy (non-hydrogen) atoms. The molecule has 7 nitrogen and oxygen atoms in total. The zero-order chi connectivity index (χ0) is 13.9. The summed E-state index contributed by atoms with van der Waals surface area (Å²) in [5.74, 6) is -1.40. The zero-order valence-electron chi connectivity index (χ0n) is 10.6. The summed E-state index contributed by atoms with van der Waals surface area (Å²) < 4.78 is 5.20. The van der Waals surface area contributed by atoms with Crippen molar-refractivity contribution in [3.8, 4) is 0 Å². The topological polar surface area (TPSA) is 87.2 Å². The van der Waals surface area contributed by atoms with Crippen molar-refractivity contribution >= 4 is 17.8 Å². The number of aliphatic carboxylic acids is 1. The Balaban J connectivity index is 2.01. The zero-order valence-corrected chi connectivity index (χ0v) is 10.6. The van der Waals surface area contributed by atoms with E-state index >= 15 is 0 Å². The second kappa shape index (κ2) is 3.72. The van der Waals surface area contributed by atoms with Gasteiger partial charge in [0.2, 0.25) is 5.91 Å².